The Morgan fingerprint density at radius 3 is 2.65 bits per heavy atom. The number of nitrogens with zero attached hydrogens (tertiary/aromatic N) is 5. The molecule has 0 atom stereocenters. The highest BCUT2D eigenvalue weighted by atomic mass is 32.2. The summed E-state index contributed by atoms with van der Waals surface area (Å²) in [6.45, 7) is 2.24. The first-order valence-electron chi connectivity index (χ1n) is 13.7. The monoisotopic (exact) mass is 605 g/mol. The summed E-state index contributed by atoms with van der Waals surface area (Å²) < 4.78 is 41.4. The van der Waals surface area contributed by atoms with Crippen LogP contribution in [0, 0.1) is 5.92 Å². The van der Waals surface area contributed by atoms with Crippen molar-refractivity contribution in [1.82, 2.24) is 30.6 Å². The first-order chi connectivity index (χ1) is 20.7. The van der Waals surface area contributed by atoms with E-state index in [1.54, 1.807) is 30.7 Å². The Balaban J connectivity index is 1.09. The lowest BCUT2D eigenvalue weighted by Gasteiger charge is -2.32. The zero-order chi connectivity index (χ0) is 30.0. The molecule has 2 N–H and O–H groups in total. The van der Waals surface area contributed by atoms with Gasteiger partial charge in [-0.25, -0.2) is 9.97 Å². The molecule has 2 saturated heterocycles. The van der Waals surface area contributed by atoms with Gasteiger partial charge < -0.3 is 10.2 Å². The fraction of sp³-hybridized carbons (Fsp3) is 0.267. The van der Waals surface area contributed by atoms with E-state index in [0.717, 1.165) is 47.5 Å². The number of nitrogens with one attached hydrogen (secondary N) is 2. The summed E-state index contributed by atoms with van der Waals surface area (Å²) in [5.41, 5.74) is 0.894. The number of rotatable bonds is 7. The van der Waals surface area contributed by atoms with E-state index in [1.807, 2.05) is 24.3 Å². The topological polar surface area (TPSA) is 113 Å². The number of piperidine rings is 1. The summed E-state index contributed by atoms with van der Waals surface area (Å²) in [4.78, 5) is 43.3. The average Bonchev–Trinajstić information content (AvgIpc) is 3.32. The normalized spacial score (nSPS) is 17.2. The molecular formula is C30H26F3N7O2S. The maximum absolute atomic E-state index is 13.8. The summed E-state index contributed by atoms with van der Waals surface area (Å²) in [6.07, 6.45) is 3.60. The molecule has 0 saturated carbocycles. The first-order valence-corrected chi connectivity index (χ1v) is 14.5. The van der Waals surface area contributed by atoms with Gasteiger partial charge in [-0.15, -0.1) is 0 Å². The lowest BCUT2D eigenvalue weighted by atomic mass is 9.97. The number of carbonyl (C=O) groups excluding carboxylic acids is 2. The minimum absolute atomic E-state index is 0.198. The van der Waals surface area contributed by atoms with Gasteiger partial charge in [0.25, 0.3) is 11.1 Å². The summed E-state index contributed by atoms with van der Waals surface area (Å²) in [5.74, 6) is 0.420. The van der Waals surface area contributed by atoms with Crippen LogP contribution in [0.15, 0.2) is 66.0 Å². The number of imide groups is 1. The molecule has 0 bridgehead atoms. The standard InChI is InChI=1S/C30H26F3N7O2S/c31-30(32,33)20-11-22(37-25(12-20)24-17-35-15-19-3-1-2-4-23(19)24)16-34-14-18-6-9-40(10-7-18)28-36-8-5-21(38-28)13-26-27(41)39-29(42)43-26/h1-5,8,11-13,15,17-18,34H,6-7,9-10,14,16H2,(H,39,41,42)/b26-13+. The van der Waals surface area contributed by atoms with Crippen LogP contribution in [-0.4, -0.2) is 50.7 Å². The molecule has 220 valence electrons. The lowest BCUT2D eigenvalue weighted by molar-refractivity contribution is -0.137. The van der Waals surface area contributed by atoms with Crippen molar-refractivity contribution in [2.75, 3.05) is 24.5 Å². The Kier molecular flexibility index (Phi) is 8.08. The van der Waals surface area contributed by atoms with Gasteiger partial charge in [0, 0.05) is 49.2 Å². The van der Waals surface area contributed by atoms with Crippen molar-refractivity contribution in [3.8, 4) is 11.3 Å². The van der Waals surface area contributed by atoms with E-state index < -0.39 is 22.9 Å². The van der Waals surface area contributed by atoms with E-state index in [4.69, 9.17) is 0 Å². The molecule has 2 aliphatic heterocycles. The summed E-state index contributed by atoms with van der Waals surface area (Å²) in [7, 11) is 0. The van der Waals surface area contributed by atoms with E-state index in [2.05, 4.69) is 35.5 Å². The highest BCUT2D eigenvalue weighted by Crippen LogP contribution is 2.34. The smallest absolute Gasteiger partial charge is 0.341 e. The van der Waals surface area contributed by atoms with Crippen molar-refractivity contribution >= 4 is 45.7 Å². The number of pyridine rings is 2. The Morgan fingerprint density at radius 1 is 1.07 bits per heavy atom. The van der Waals surface area contributed by atoms with Gasteiger partial charge in [-0.2, -0.15) is 13.2 Å². The Labute approximate surface area is 249 Å². The van der Waals surface area contributed by atoms with Gasteiger partial charge in [-0.05, 0) is 66.7 Å². The summed E-state index contributed by atoms with van der Waals surface area (Å²) >= 11 is 0.836. The number of thioether (sulfide) groups is 1. The third-order valence-corrected chi connectivity index (χ3v) is 8.18. The molecule has 43 heavy (non-hydrogen) atoms. The molecule has 5 heterocycles. The molecule has 3 aromatic heterocycles. The molecule has 9 nitrogen and oxygen atoms in total. The molecule has 6 rings (SSSR count). The minimum Gasteiger partial charge on any atom is -0.341 e. The number of aromatic nitrogens is 4. The van der Waals surface area contributed by atoms with Crippen molar-refractivity contribution in [3.05, 3.63) is 82.9 Å². The molecule has 13 heteroatoms. The number of benzene rings is 1. The first kappa shape index (κ1) is 28.7. The van der Waals surface area contributed by atoms with Crippen molar-refractivity contribution in [3.63, 3.8) is 0 Å². The van der Waals surface area contributed by atoms with Crippen LogP contribution in [0.3, 0.4) is 0 Å². The number of amides is 2. The molecule has 2 aliphatic rings. The molecule has 0 radical (unpaired) electrons. The highest BCUT2D eigenvalue weighted by molar-refractivity contribution is 8.18. The number of alkyl halides is 3. The van der Waals surface area contributed by atoms with E-state index in [1.165, 1.54) is 0 Å². The second-order valence-electron chi connectivity index (χ2n) is 10.3. The number of fused-ring (bicyclic) bond motifs is 1. The minimum atomic E-state index is -4.51. The van der Waals surface area contributed by atoms with Crippen LogP contribution in [0.25, 0.3) is 28.1 Å². The highest BCUT2D eigenvalue weighted by Gasteiger charge is 2.32. The fourth-order valence-electron chi connectivity index (χ4n) is 5.19. The van der Waals surface area contributed by atoms with E-state index in [-0.39, 0.29) is 17.1 Å². The maximum atomic E-state index is 13.8. The number of hydrogen-bond acceptors (Lipinski definition) is 9. The van der Waals surface area contributed by atoms with E-state index >= 15 is 0 Å². The summed E-state index contributed by atoms with van der Waals surface area (Å²) in [5, 5.41) is 6.74. The molecular weight excluding hydrogens is 579 g/mol. The van der Waals surface area contributed by atoms with Crippen LogP contribution < -0.4 is 15.5 Å². The van der Waals surface area contributed by atoms with Crippen molar-refractivity contribution in [2.24, 2.45) is 5.92 Å². The van der Waals surface area contributed by atoms with Crippen molar-refractivity contribution in [1.29, 1.82) is 0 Å². The molecule has 0 aliphatic carbocycles. The van der Waals surface area contributed by atoms with Gasteiger partial charge in [-0.3, -0.25) is 24.9 Å². The Bertz CT molecular complexity index is 1720. The molecule has 0 unspecified atom stereocenters. The van der Waals surface area contributed by atoms with Crippen LogP contribution >= 0.6 is 11.8 Å². The number of hydrogen-bond donors (Lipinski definition) is 2. The largest absolute Gasteiger partial charge is 0.416 e. The number of anilines is 1. The Hall–Kier alpha value is -4.36. The third kappa shape index (κ3) is 6.67. The fourth-order valence-corrected chi connectivity index (χ4v) is 5.86. The second kappa shape index (κ2) is 12.1. The predicted molar refractivity (Wildman–Crippen MR) is 158 cm³/mol. The third-order valence-electron chi connectivity index (χ3n) is 7.37. The van der Waals surface area contributed by atoms with E-state index in [0.29, 0.717) is 48.5 Å². The van der Waals surface area contributed by atoms with Crippen molar-refractivity contribution in [2.45, 2.75) is 25.6 Å². The lowest BCUT2D eigenvalue weighted by Crippen LogP contribution is -2.38. The van der Waals surface area contributed by atoms with E-state index in [9.17, 15) is 22.8 Å². The molecule has 2 amide bonds. The zero-order valence-electron chi connectivity index (χ0n) is 22.8. The van der Waals surface area contributed by atoms with Gasteiger partial charge in [0.2, 0.25) is 5.95 Å². The average molecular weight is 606 g/mol. The van der Waals surface area contributed by atoms with Crippen LogP contribution in [0.4, 0.5) is 23.9 Å². The number of carbonyl (C=O) groups is 2. The van der Waals surface area contributed by atoms with Crippen LogP contribution in [0.5, 0.6) is 0 Å². The maximum Gasteiger partial charge on any atom is 0.416 e. The molecule has 2 fully saturated rings. The predicted octanol–water partition coefficient (Wildman–Crippen LogP) is 5.44. The molecule has 1 aromatic carbocycles. The SMILES string of the molecule is O=C1NC(=O)/C(=C\c2ccnc(N3CCC(CNCc4cc(C(F)(F)F)cc(-c5cncc6ccccc56)n4)CC3)n2)S1. The van der Waals surface area contributed by atoms with Crippen LogP contribution in [0.1, 0.15) is 29.8 Å². The summed E-state index contributed by atoms with van der Waals surface area (Å²) in [6, 6.07) is 11.3. The van der Waals surface area contributed by atoms with Gasteiger partial charge in [-0.1, -0.05) is 24.3 Å². The van der Waals surface area contributed by atoms with Crippen molar-refractivity contribution < 1.29 is 22.8 Å². The van der Waals surface area contributed by atoms with Gasteiger partial charge in [0.1, 0.15) is 0 Å². The molecule has 4 aromatic rings. The quantitative estimate of drug-likeness (QED) is 0.266. The van der Waals surface area contributed by atoms with Gasteiger partial charge >= 0.3 is 6.18 Å². The molecule has 0 spiro atoms. The zero-order valence-corrected chi connectivity index (χ0v) is 23.6. The van der Waals surface area contributed by atoms with Gasteiger partial charge in [0.05, 0.1) is 27.6 Å². The second-order valence-corrected chi connectivity index (χ2v) is 11.3. The van der Waals surface area contributed by atoms with Gasteiger partial charge in [0.15, 0.2) is 0 Å². The van der Waals surface area contributed by atoms with Crippen LogP contribution in [0.2, 0.25) is 0 Å². The Morgan fingerprint density at radius 2 is 1.88 bits per heavy atom. The number of halogens is 3. The van der Waals surface area contributed by atoms with Crippen LogP contribution in [-0.2, 0) is 17.5 Å².